The summed E-state index contributed by atoms with van der Waals surface area (Å²) in [4.78, 5) is 4.33. The van der Waals surface area contributed by atoms with Crippen LogP contribution < -0.4 is 20.5 Å². The van der Waals surface area contributed by atoms with Gasteiger partial charge in [-0.05, 0) is 80.7 Å². The molecule has 3 N–H and O–H groups in total. The van der Waals surface area contributed by atoms with Crippen molar-refractivity contribution in [1.82, 2.24) is 10.3 Å². The fraction of sp³-hybridized carbons (Fsp3) is 0.346. The van der Waals surface area contributed by atoms with E-state index < -0.39 is 11.9 Å². The third-order valence-electron chi connectivity index (χ3n) is 6.83. The Morgan fingerprint density at radius 1 is 1.15 bits per heavy atom. The van der Waals surface area contributed by atoms with Crippen LogP contribution in [0.4, 0.5) is 10.2 Å². The topological polar surface area (TPSA) is 69.4 Å². The SMILES string of the molecule is C[C@@H](Oc1cc(-c2ccc3c(c2)CC2(CCNCC2)CO3)cnc1N)c1c(Cl)ccc(F)c1Cl. The molecule has 5 nitrogen and oxygen atoms in total. The summed E-state index contributed by atoms with van der Waals surface area (Å²) in [5.74, 6) is 0.996. The summed E-state index contributed by atoms with van der Waals surface area (Å²) in [7, 11) is 0. The minimum Gasteiger partial charge on any atom is -0.493 e. The molecule has 178 valence electrons. The number of piperidine rings is 1. The number of nitrogens with one attached hydrogen (secondary N) is 1. The molecule has 5 rings (SSSR count). The molecule has 1 saturated heterocycles. The molecular formula is C26H26Cl2FN3O2. The second kappa shape index (κ2) is 9.25. The van der Waals surface area contributed by atoms with Gasteiger partial charge in [0.05, 0.1) is 11.6 Å². The number of rotatable bonds is 4. The summed E-state index contributed by atoms with van der Waals surface area (Å²) < 4.78 is 26.2. The van der Waals surface area contributed by atoms with Gasteiger partial charge in [0.25, 0.3) is 0 Å². The van der Waals surface area contributed by atoms with Crippen molar-refractivity contribution in [1.29, 1.82) is 0 Å². The lowest BCUT2D eigenvalue weighted by atomic mass is 9.73. The quantitative estimate of drug-likeness (QED) is 0.415. The fourth-order valence-electron chi connectivity index (χ4n) is 4.87. The number of nitrogen functional groups attached to an aromatic ring is 1. The van der Waals surface area contributed by atoms with Crippen LogP contribution in [0.2, 0.25) is 10.0 Å². The highest BCUT2D eigenvalue weighted by molar-refractivity contribution is 6.36. The standard InChI is InChI=1S/C26H26Cl2FN3O2/c1-15(23-19(27)3-4-20(29)24(23)28)34-22-11-18(13-32-25(22)30)16-2-5-21-17(10-16)12-26(14-33-21)6-8-31-9-7-26/h2-5,10-11,13,15,31H,6-9,12,14H2,1H3,(H2,30,32)/t15-/m1/s1. The number of nitrogens with zero attached hydrogens (tertiary/aromatic N) is 1. The van der Waals surface area contributed by atoms with E-state index in [0.717, 1.165) is 55.8 Å². The van der Waals surface area contributed by atoms with E-state index in [1.807, 2.05) is 18.2 Å². The number of nitrogens with two attached hydrogens (primary N) is 1. The monoisotopic (exact) mass is 501 g/mol. The van der Waals surface area contributed by atoms with Gasteiger partial charge in [0.1, 0.15) is 17.7 Å². The second-order valence-corrected chi connectivity index (χ2v) is 9.95. The molecule has 1 fully saturated rings. The Labute approximate surface area is 208 Å². The largest absolute Gasteiger partial charge is 0.493 e. The predicted molar refractivity (Wildman–Crippen MR) is 133 cm³/mol. The van der Waals surface area contributed by atoms with Crippen LogP contribution in [0.15, 0.2) is 42.6 Å². The summed E-state index contributed by atoms with van der Waals surface area (Å²) in [6.07, 6.45) is 4.31. The van der Waals surface area contributed by atoms with E-state index in [2.05, 4.69) is 16.4 Å². The maximum Gasteiger partial charge on any atom is 0.166 e. The third kappa shape index (κ3) is 4.42. The summed E-state index contributed by atoms with van der Waals surface area (Å²) in [6, 6.07) is 10.7. The molecule has 3 heterocycles. The number of ether oxygens (including phenoxy) is 2. The van der Waals surface area contributed by atoms with Crippen molar-refractivity contribution in [3.8, 4) is 22.6 Å². The van der Waals surface area contributed by atoms with Gasteiger partial charge in [0, 0.05) is 27.8 Å². The first-order chi connectivity index (χ1) is 16.3. The zero-order chi connectivity index (χ0) is 23.9. The lowest BCUT2D eigenvalue weighted by Crippen LogP contribution is -2.43. The third-order valence-corrected chi connectivity index (χ3v) is 7.54. The molecule has 0 saturated carbocycles. The predicted octanol–water partition coefficient (Wildman–Crippen LogP) is 6.22. The molecule has 0 radical (unpaired) electrons. The van der Waals surface area contributed by atoms with Crippen LogP contribution >= 0.6 is 23.2 Å². The molecule has 0 aliphatic carbocycles. The number of hydrogen-bond donors (Lipinski definition) is 2. The van der Waals surface area contributed by atoms with Crippen molar-refractivity contribution < 1.29 is 13.9 Å². The maximum absolute atomic E-state index is 14.0. The summed E-state index contributed by atoms with van der Waals surface area (Å²) >= 11 is 12.4. The average molecular weight is 502 g/mol. The van der Waals surface area contributed by atoms with Gasteiger partial charge in [0.2, 0.25) is 0 Å². The Kier molecular flexibility index (Phi) is 6.32. The minimum absolute atomic E-state index is 0.0655. The zero-order valence-electron chi connectivity index (χ0n) is 18.8. The molecule has 2 aromatic carbocycles. The van der Waals surface area contributed by atoms with Crippen molar-refractivity contribution in [2.24, 2.45) is 5.41 Å². The van der Waals surface area contributed by atoms with E-state index >= 15 is 0 Å². The molecule has 8 heteroatoms. The minimum atomic E-state index is -0.633. The summed E-state index contributed by atoms with van der Waals surface area (Å²) in [5.41, 5.74) is 9.73. The van der Waals surface area contributed by atoms with Gasteiger partial charge in [-0.3, -0.25) is 0 Å². The number of halogens is 3. The summed E-state index contributed by atoms with van der Waals surface area (Å²) in [5, 5.41) is 3.70. The maximum atomic E-state index is 14.0. The Hall–Kier alpha value is -2.54. The first-order valence-electron chi connectivity index (χ1n) is 11.4. The molecule has 1 atom stereocenters. The molecule has 2 aliphatic heterocycles. The van der Waals surface area contributed by atoms with Crippen LogP contribution in [-0.4, -0.2) is 24.7 Å². The van der Waals surface area contributed by atoms with E-state index in [1.165, 1.54) is 17.7 Å². The molecule has 34 heavy (non-hydrogen) atoms. The molecule has 3 aromatic rings. The van der Waals surface area contributed by atoms with Crippen LogP contribution in [-0.2, 0) is 6.42 Å². The van der Waals surface area contributed by atoms with E-state index in [9.17, 15) is 4.39 Å². The van der Waals surface area contributed by atoms with Gasteiger partial charge in [-0.2, -0.15) is 0 Å². The van der Waals surface area contributed by atoms with Crippen molar-refractivity contribution in [3.63, 3.8) is 0 Å². The molecule has 0 amide bonds. The number of benzene rings is 2. The van der Waals surface area contributed by atoms with Crippen LogP contribution in [0, 0.1) is 11.2 Å². The number of anilines is 1. The van der Waals surface area contributed by atoms with E-state index in [-0.39, 0.29) is 16.3 Å². The zero-order valence-corrected chi connectivity index (χ0v) is 20.3. The number of fused-ring (bicyclic) bond motifs is 1. The van der Waals surface area contributed by atoms with E-state index in [4.69, 9.17) is 38.4 Å². The van der Waals surface area contributed by atoms with Crippen LogP contribution in [0.25, 0.3) is 11.1 Å². The molecule has 2 aliphatic rings. The van der Waals surface area contributed by atoms with E-state index in [0.29, 0.717) is 16.3 Å². The Morgan fingerprint density at radius 3 is 2.74 bits per heavy atom. The lowest BCUT2D eigenvalue weighted by Gasteiger charge is -2.41. The van der Waals surface area contributed by atoms with Crippen molar-refractivity contribution in [2.75, 3.05) is 25.4 Å². The number of pyridine rings is 1. The van der Waals surface area contributed by atoms with Gasteiger partial charge in [-0.1, -0.05) is 29.3 Å². The van der Waals surface area contributed by atoms with Gasteiger partial charge in [0.15, 0.2) is 11.6 Å². The highest BCUT2D eigenvalue weighted by Crippen LogP contribution is 2.42. The Bertz CT molecular complexity index is 1230. The average Bonchev–Trinajstić information content (AvgIpc) is 2.83. The highest BCUT2D eigenvalue weighted by Gasteiger charge is 2.37. The van der Waals surface area contributed by atoms with Gasteiger partial charge < -0.3 is 20.5 Å². The first-order valence-corrected chi connectivity index (χ1v) is 12.1. The van der Waals surface area contributed by atoms with Gasteiger partial charge in [-0.15, -0.1) is 0 Å². The molecule has 0 bridgehead atoms. The van der Waals surface area contributed by atoms with Crippen LogP contribution in [0.1, 0.15) is 37.0 Å². The van der Waals surface area contributed by atoms with Crippen LogP contribution in [0.5, 0.6) is 11.5 Å². The fourth-order valence-corrected chi connectivity index (χ4v) is 5.55. The normalized spacial score (nSPS) is 17.6. The number of hydrogen-bond acceptors (Lipinski definition) is 5. The van der Waals surface area contributed by atoms with E-state index in [1.54, 1.807) is 13.1 Å². The molecule has 0 unspecified atom stereocenters. The lowest BCUT2D eigenvalue weighted by molar-refractivity contribution is 0.0851. The first kappa shape index (κ1) is 23.2. The van der Waals surface area contributed by atoms with Crippen LogP contribution in [0.3, 0.4) is 0 Å². The Balaban J connectivity index is 1.42. The highest BCUT2D eigenvalue weighted by atomic mass is 35.5. The van der Waals surface area contributed by atoms with Gasteiger partial charge in [-0.25, -0.2) is 9.37 Å². The summed E-state index contributed by atoms with van der Waals surface area (Å²) in [6.45, 7) is 4.57. The smallest absolute Gasteiger partial charge is 0.166 e. The molecule has 1 spiro atoms. The Morgan fingerprint density at radius 2 is 1.94 bits per heavy atom. The number of aromatic nitrogens is 1. The molecular weight excluding hydrogens is 476 g/mol. The van der Waals surface area contributed by atoms with Crippen molar-refractivity contribution in [3.05, 3.63) is 69.6 Å². The van der Waals surface area contributed by atoms with Gasteiger partial charge >= 0.3 is 0 Å². The van der Waals surface area contributed by atoms with Crippen molar-refractivity contribution in [2.45, 2.75) is 32.3 Å². The molecule has 1 aromatic heterocycles. The second-order valence-electron chi connectivity index (χ2n) is 9.16. The van der Waals surface area contributed by atoms with Crippen molar-refractivity contribution >= 4 is 29.0 Å².